The number of halogens is 3. The third-order valence-electron chi connectivity index (χ3n) is 2.60. The highest BCUT2D eigenvalue weighted by atomic mass is 19.4. The molecule has 0 aliphatic carbocycles. The van der Waals surface area contributed by atoms with Crippen LogP contribution in [0, 0.1) is 10.1 Å². The van der Waals surface area contributed by atoms with Gasteiger partial charge >= 0.3 is 6.18 Å². The third-order valence-corrected chi connectivity index (χ3v) is 2.60. The summed E-state index contributed by atoms with van der Waals surface area (Å²) >= 11 is 0. The molecule has 0 heterocycles. The fourth-order valence-corrected chi connectivity index (χ4v) is 1.65. The molecule has 0 aliphatic heterocycles. The molecule has 0 atom stereocenters. The second kappa shape index (κ2) is 4.72. The minimum absolute atomic E-state index is 0.0996. The van der Waals surface area contributed by atoms with E-state index in [1.807, 2.05) is 0 Å². The van der Waals surface area contributed by atoms with E-state index >= 15 is 0 Å². The summed E-state index contributed by atoms with van der Waals surface area (Å²) in [6.07, 6.45) is -4.39. The summed E-state index contributed by atoms with van der Waals surface area (Å²) in [7, 11) is 0. The molecular formula is C13H8F3NO2. The van der Waals surface area contributed by atoms with Crippen LogP contribution in [0.1, 0.15) is 5.56 Å². The lowest BCUT2D eigenvalue weighted by Gasteiger charge is -2.07. The van der Waals surface area contributed by atoms with Crippen LogP contribution in [0.2, 0.25) is 0 Å². The van der Waals surface area contributed by atoms with Crippen molar-refractivity contribution in [3.8, 4) is 11.1 Å². The summed E-state index contributed by atoms with van der Waals surface area (Å²) in [5.74, 6) is 0. The number of rotatable bonds is 2. The highest BCUT2D eigenvalue weighted by Crippen LogP contribution is 2.31. The number of non-ortho nitro benzene ring substituents is 1. The molecule has 0 unspecified atom stereocenters. The highest BCUT2D eigenvalue weighted by molar-refractivity contribution is 5.66. The first-order valence-electron chi connectivity index (χ1n) is 5.30. The number of nitro groups is 1. The van der Waals surface area contributed by atoms with Crippen molar-refractivity contribution in [3.05, 3.63) is 64.2 Å². The van der Waals surface area contributed by atoms with Crippen molar-refractivity contribution < 1.29 is 18.1 Å². The molecule has 0 saturated carbocycles. The van der Waals surface area contributed by atoms with Crippen molar-refractivity contribution in [1.29, 1.82) is 0 Å². The number of benzene rings is 2. The molecule has 2 rings (SSSR count). The number of alkyl halides is 3. The Bertz CT molecular complexity index is 606. The van der Waals surface area contributed by atoms with Crippen LogP contribution >= 0.6 is 0 Å². The minimum Gasteiger partial charge on any atom is -0.258 e. The van der Waals surface area contributed by atoms with Gasteiger partial charge in [-0.3, -0.25) is 10.1 Å². The highest BCUT2D eigenvalue weighted by Gasteiger charge is 2.29. The van der Waals surface area contributed by atoms with Crippen LogP contribution in [-0.4, -0.2) is 4.92 Å². The lowest BCUT2D eigenvalue weighted by molar-refractivity contribution is -0.384. The summed E-state index contributed by atoms with van der Waals surface area (Å²) < 4.78 is 37.2. The van der Waals surface area contributed by atoms with Gasteiger partial charge < -0.3 is 0 Å². The Hall–Kier alpha value is -2.37. The summed E-state index contributed by atoms with van der Waals surface area (Å²) in [6.45, 7) is 0. The van der Waals surface area contributed by atoms with Crippen LogP contribution in [0.25, 0.3) is 11.1 Å². The van der Waals surface area contributed by atoms with Crippen LogP contribution < -0.4 is 0 Å². The van der Waals surface area contributed by atoms with Crippen LogP contribution in [0.4, 0.5) is 18.9 Å². The van der Waals surface area contributed by atoms with Crippen LogP contribution in [0.15, 0.2) is 48.5 Å². The Balaban J connectivity index is 2.37. The van der Waals surface area contributed by atoms with Crippen molar-refractivity contribution in [2.75, 3.05) is 0 Å². The summed E-state index contributed by atoms with van der Waals surface area (Å²) in [4.78, 5) is 10.1. The maximum Gasteiger partial charge on any atom is 0.416 e. The fraction of sp³-hybridized carbons (Fsp3) is 0.0769. The molecule has 0 spiro atoms. The van der Waals surface area contributed by atoms with E-state index in [4.69, 9.17) is 0 Å². The third kappa shape index (κ3) is 2.90. The second-order valence-electron chi connectivity index (χ2n) is 3.88. The van der Waals surface area contributed by atoms with E-state index in [2.05, 4.69) is 0 Å². The first-order valence-corrected chi connectivity index (χ1v) is 5.30. The Labute approximate surface area is 106 Å². The quantitative estimate of drug-likeness (QED) is 0.602. The maximum atomic E-state index is 12.4. The Kier molecular flexibility index (Phi) is 3.25. The predicted octanol–water partition coefficient (Wildman–Crippen LogP) is 4.28. The average Bonchev–Trinajstić information content (AvgIpc) is 2.38. The molecule has 0 amide bonds. The van der Waals surface area contributed by atoms with E-state index in [0.29, 0.717) is 11.1 Å². The lowest BCUT2D eigenvalue weighted by Crippen LogP contribution is -2.03. The van der Waals surface area contributed by atoms with E-state index in [-0.39, 0.29) is 5.69 Å². The van der Waals surface area contributed by atoms with Gasteiger partial charge in [-0.15, -0.1) is 0 Å². The molecular weight excluding hydrogens is 259 g/mol. The maximum absolute atomic E-state index is 12.4. The largest absolute Gasteiger partial charge is 0.416 e. The molecule has 6 heteroatoms. The molecule has 2 aromatic carbocycles. The number of nitrogens with zero attached hydrogens (tertiary/aromatic N) is 1. The first-order chi connectivity index (χ1) is 8.88. The van der Waals surface area contributed by atoms with Gasteiger partial charge in [0.25, 0.3) is 5.69 Å². The van der Waals surface area contributed by atoms with Gasteiger partial charge in [-0.05, 0) is 23.3 Å². The van der Waals surface area contributed by atoms with E-state index in [9.17, 15) is 23.3 Å². The molecule has 0 saturated heterocycles. The van der Waals surface area contributed by atoms with Crippen LogP contribution in [0.5, 0.6) is 0 Å². The zero-order valence-corrected chi connectivity index (χ0v) is 9.52. The van der Waals surface area contributed by atoms with Gasteiger partial charge in [0.15, 0.2) is 0 Å². The first kappa shape index (κ1) is 13.1. The smallest absolute Gasteiger partial charge is 0.258 e. The molecule has 0 bridgehead atoms. The van der Waals surface area contributed by atoms with Gasteiger partial charge in [0.05, 0.1) is 10.5 Å². The second-order valence-corrected chi connectivity index (χ2v) is 3.88. The topological polar surface area (TPSA) is 43.1 Å². The van der Waals surface area contributed by atoms with E-state index in [1.165, 1.54) is 30.3 Å². The van der Waals surface area contributed by atoms with Gasteiger partial charge in [-0.25, -0.2) is 0 Å². The lowest BCUT2D eigenvalue weighted by atomic mass is 10.0. The zero-order chi connectivity index (χ0) is 14.0. The Morgan fingerprint density at radius 1 is 0.947 bits per heavy atom. The fourth-order valence-electron chi connectivity index (χ4n) is 1.65. The summed E-state index contributed by atoms with van der Waals surface area (Å²) in [5.41, 5.74) is 0.152. The van der Waals surface area contributed by atoms with Gasteiger partial charge in [0, 0.05) is 12.1 Å². The van der Waals surface area contributed by atoms with Crippen molar-refractivity contribution in [1.82, 2.24) is 0 Å². The Morgan fingerprint density at radius 2 is 1.58 bits per heavy atom. The summed E-state index contributed by atoms with van der Waals surface area (Å²) in [6, 6.07) is 10.2. The molecule has 0 aromatic heterocycles. The van der Waals surface area contributed by atoms with E-state index in [1.54, 1.807) is 6.07 Å². The average molecular weight is 267 g/mol. The molecule has 3 nitrogen and oxygen atoms in total. The SMILES string of the molecule is O=[N+]([O-])c1cccc(-c2ccc(C(F)(F)F)cc2)c1. The summed E-state index contributed by atoms with van der Waals surface area (Å²) in [5, 5.41) is 10.6. The molecule has 0 aliphatic rings. The normalized spacial score (nSPS) is 11.3. The van der Waals surface area contributed by atoms with Crippen LogP contribution in [-0.2, 0) is 6.18 Å². The van der Waals surface area contributed by atoms with Gasteiger partial charge in [-0.1, -0.05) is 24.3 Å². The molecule has 2 aromatic rings. The van der Waals surface area contributed by atoms with Crippen molar-refractivity contribution in [3.63, 3.8) is 0 Å². The van der Waals surface area contributed by atoms with Crippen molar-refractivity contribution in [2.45, 2.75) is 6.18 Å². The standard InChI is InChI=1S/C13H8F3NO2/c14-13(15,16)11-6-4-9(5-7-11)10-2-1-3-12(8-10)17(18)19/h1-8H. The van der Waals surface area contributed by atoms with Crippen molar-refractivity contribution in [2.24, 2.45) is 0 Å². The Morgan fingerprint density at radius 3 is 2.11 bits per heavy atom. The van der Waals surface area contributed by atoms with E-state index in [0.717, 1.165) is 12.1 Å². The molecule has 0 N–H and O–H groups in total. The number of hydrogen-bond acceptors (Lipinski definition) is 2. The molecule has 0 fully saturated rings. The number of hydrogen-bond donors (Lipinski definition) is 0. The molecule has 19 heavy (non-hydrogen) atoms. The van der Waals surface area contributed by atoms with Gasteiger partial charge in [0.1, 0.15) is 0 Å². The van der Waals surface area contributed by atoms with Gasteiger partial charge in [-0.2, -0.15) is 13.2 Å². The molecule has 98 valence electrons. The number of nitro benzene ring substituents is 1. The monoisotopic (exact) mass is 267 g/mol. The van der Waals surface area contributed by atoms with E-state index < -0.39 is 16.7 Å². The van der Waals surface area contributed by atoms with Gasteiger partial charge in [0.2, 0.25) is 0 Å². The molecule has 0 radical (unpaired) electrons. The van der Waals surface area contributed by atoms with Crippen molar-refractivity contribution >= 4 is 5.69 Å². The predicted molar refractivity (Wildman–Crippen MR) is 63.5 cm³/mol. The zero-order valence-electron chi connectivity index (χ0n) is 9.52. The van der Waals surface area contributed by atoms with Crippen LogP contribution in [0.3, 0.4) is 0 Å². The minimum atomic E-state index is -4.39.